The summed E-state index contributed by atoms with van der Waals surface area (Å²) in [7, 11) is 0. The van der Waals surface area contributed by atoms with Crippen LogP contribution in [0.25, 0.3) is 0 Å². The fourth-order valence-corrected chi connectivity index (χ4v) is 2.05. The Bertz CT molecular complexity index is 389. The average molecular weight is 360 g/mol. The molecule has 0 rings (SSSR count). The molecule has 0 aliphatic rings. The Kier molecular flexibility index (Phi) is 12.2. The van der Waals surface area contributed by atoms with E-state index in [1.54, 1.807) is 0 Å². The normalized spacial score (nSPS) is 12.7. The van der Waals surface area contributed by atoms with Gasteiger partial charge in [-0.3, -0.25) is 9.69 Å². The summed E-state index contributed by atoms with van der Waals surface area (Å²) in [6.45, 7) is 7.71. The van der Waals surface area contributed by atoms with E-state index >= 15 is 0 Å². The zero-order valence-electron chi connectivity index (χ0n) is 15.7. The van der Waals surface area contributed by atoms with Gasteiger partial charge in [0.05, 0.1) is 6.54 Å². The molecule has 25 heavy (non-hydrogen) atoms. The molecule has 0 saturated heterocycles. The zero-order valence-corrected chi connectivity index (χ0v) is 15.7. The lowest BCUT2D eigenvalue weighted by Gasteiger charge is -2.33. The van der Waals surface area contributed by atoms with E-state index in [0.29, 0.717) is 13.1 Å². The molecule has 2 unspecified atom stereocenters. The molecular weight excluding hydrogens is 328 g/mol. The van der Waals surface area contributed by atoms with Crippen molar-refractivity contribution in [3.8, 4) is 0 Å². The second-order valence-electron chi connectivity index (χ2n) is 5.58. The largest absolute Gasteiger partial charge is 0.426 e. The number of ether oxygens (including phenoxy) is 2. The fourth-order valence-electron chi connectivity index (χ4n) is 2.05. The lowest BCUT2D eigenvalue weighted by Crippen LogP contribution is -2.52. The second-order valence-corrected chi connectivity index (χ2v) is 5.58. The van der Waals surface area contributed by atoms with Crippen LogP contribution in [0, 0.1) is 0 Å². The van der Waals surface area contributed by atoms with Crippen LogP contribution in [-0.2, 0) is 14.3 Å². The quantitative estimate of drug-likeness (QED) is 0.379. The van der Waals surface area contributed by atoms with Crippen molar-refractivity contribution >= 4 is 18.1 Å². The summed E-state index contributed by atoms with van der Waals surface area (Å²) >= 11 is 0. The van der Waals surface area contributed by atoms with Crippen LogP contribution in [0.15, 0.2) is 0 Å². The standard InChI is InChI=1S/C16H32N4O5/c1-5-7-9-18-15(22)24-12(3)20(14(21)11-17)13(4)25-16(23)19-10-8-6-2/h12-13H,5-11,17H2,1-4H3,(H,18,22)(H,19,23). The van der Waals surface area contributed by atoms with Crippen LogP contribution in [0.4, 0.5) is 9.59 Å². The molecule has 0 aliphatic heterocycles. The Morgan fingerprint density at radius 3 is 1.64 bits per heavy atom. The Hall–Kier alpha value is -2.03. The molecule has 0 bridgehead atoms. The summed E-state index contributed by atoms with van der Waals surface area (Å²) in [5.41, 5.74) is 5.40. The van der Waals surface area contributed by atoms with Gasteiger partial charge in [0, 0.05) is 13.1 Å². The first-order valence-electron chi connectivity index (χ1n) is 8.77. The van der Waals surface area contributed by atoms with Crippen molar-refractivity contribution in [2.45, 2.75) is 65.8 Å². The SMILES string of the molecule is CCCCNC(=O)OC(C)N(C(=O)CN)C(C)OC(=O)NCCCC. The molecule has 0 aromatic carbocycles. The number of amides is 3. The Morgan fingerprint density at radius 2 is 1.32 bits per heavy atom. The average Bonchev–Trinajstić information content (AvgIpc) is 2.55. The minimum Gasteiger partial charge on any atom is -0.426 e. The number of rotatable bonds is 11. The summed E-state index contributed by atoms with van der Waals surface area (Å²) in [6, 6.07) is 0. The van der Waals surface area contributed by atoms with Crippen LogP contribution in [0.5, 0.6) is 0 Å². The Morgan fingerprint density at radius 1 is 0.920 bits per heavy atom. The number of nitrogens with two attached hydrogens (primary N) is 1. The van der Waals surface area contributed by atoms with Crippen molar-refractivity contribution in [2.24, 2.45) is 5.73 Å². The molecule has 0 aliphatic carbocycles. The Balaban J connectivity index is 4.67. The molecule has 9 heteroatoms. The lowest BCUT2D eigenvalue weighted by atomic mass is 10.3. The van der Waals surface area contributed by atoms with Crippen LogP contribution in [0.1, 0.15) is 53.4 Å². The molecule has 0 fully saturated rings. The van der Waals surface area contributed by atoms with Crippen LogP contribution < -0.4 is 16.4 Å². The summed E-state index contributed by atoms with van der Waals surface area (Å²) in [5.74, 6) is -0.497. The second kappa shape index (κ2) is 13.3. The van der Waals surface area contributed by atoms with Crippen molar-refractivity contribution in [2.75, 3.05) is 19.6 Å². The highest BCUT2D eigenvalue weighted by Gasteiger charge is 2.29. The highest BCUT2D eigenvalue weighted by molar-refractivity contribution is 5.79. The van der Waals surface area contributed by atoms with E-state index in [9.17, 15) is 14.4 Å². The van der Waals surface area contributed by atoms with Gasteiger partial charge in [-0.25, -0.2) is 9.59 Å². The van der Waals surface area contributed by atoms with Gasteiger partial charge < -0.3 is 25.8 Å². The van der Waals surface area contributed by atoms with Crippen LogP contribution in [0.2, 0.25) is 0 Å². The highest BCUT2D eigenvalue weighted by Crippen LogP contribution is 2.10. The smallest absolute Gasteiger partial charge is 0.409 e. The Labute approximate surface area is 149 Å². The van der Waals surface area contributed by atoms with E-state index in [4.69, 9.17) is 15.2 Å². The molecular formula is C16H32N4O5. The molecule has 2 atom stereocenters. The van der Waals surface area contributed by atoms with Crippen molar-refractivity contribution in [3.63, 3.8) is 0 Å². The number of alkyl carbamates (subject to hydrolysis) is 2. The molecule has 9 nitrogen and oxygen atoms in total. The number of carbonyl (C=O) groups is 3. The maximum Gasteiger partial charge on any atom is 0.409 e. The van der Waals surface area contributed by atoms with Crippen LogP contribution in [0.3, 0.4) is 0 Å². The number of unbranched alkanes of at least 4 members (excludes halogenated alkanes) is 2. The highest BCUT2D eigenvalue weighted by atomic mass is 16.6. The summed E-state index contributed by atoms with van der Waals surface area (Å²) < 4.78 is 10.3. The van der Waals surface area contributed by atoms with Crippen molar-refractivity contribution in [1.82, 2.24) is 15.5 Å². The van der Waals surface area contributed by atoms with Gasteiger partial charge in [0.25, 0.3) is 0 Å². The molecule has 146 valence electrons. The number of nitrogens with one attached hydrogen (secondary N) is 2. The minimum absolute atomic E-state index is 0.295. The first-order chi connectivity index (χ1) is 11.9. The first kappa shape index (κ1) is 23.0. The van der Waals surface area contributed by atoms with Crippen molar-refractivity contribution in [3.05, 3.63) is 0 Å². The molecule has 4 N–H and O–H groups in total. The van der Waals surface area contributed by atoms with Crippen molar-refractivity contribution in [1.29, 1.82) is 0 Å². The maximum atomic E-state index is 12.1. The third-order valence-corrected chi connectivity index (χ3v) is 3.40. The third-order valence-electron chi connectivity index (χ3n) is 3.40. The van der Waals surface area contributed by atoms with E-state index in [2.05, 4.69) is 10.6 Å². The fraction of sp³-hybridized carbons (Fsp3) is 0.812. The predicted octanol–water partition coefficient (Wildman–Crippen LogP) is 1.52. The van der Waals surface area contributed by atoms with E-state index in [0.717, 1.165) is 30.6 Å². The van der Waals surface area contributed by atoms with Gasteiger partial charge in [0.2, 0.25) is 5.91 Å². The topological polar surface area (TPSA) is 123 Å². The molecule has 0 aromatic heterocycles. The van der Waals surface area contributed by atoms with Gasteiger partial charge in [-0.15, -0.1) is 0 Å². The van der Waals surface area contributed by atoms with Gasteiger partial charge in [0.15, 0.2) is 12.5 Å². The number of carbonyl (C=O) groups excluding carboxylic acids is 3. The molecule has 0 radical (unpaired) electrons. The summed E-state index contributed by atoms with van der Waals surface area (Å²) in [6.07, 6.45) is 0.369. The molecule has 0 heterocycles. The van der Waals surface area contributed by atoms with E-state index in [1.807, 2.05) is 13.8 Å². The van der Waals surface area contributed by atoms with Gasteiger partial charge in [-0.2, -0.15) is 0 Å². The summed E-state index contributed by atoms with van der Waals surface area (Å²) in [4.78, 5) is 36.7. The third kappa shape index (κ3) is 9.75. The van der Waals surface area contributed by atoms with E-state index in [1.165, 1.54) is 13.8 Å². The van der Waals surface area contributed by atoms with Crippen molar-refractivity contribution < 1.29 is 23.9 Å². The number of hydrogen-bond acceptors (Lipinski definition) is 6. The van der Waals surface area contributed by atoms with E-state index in [-0.39, 0.29) is 6.54 Å². The molecule has 3 amide bonds. The number of nitrogens with zero attached hydrogens (tertiary/aromatic N) is 1. The lowest BCUT2D eigenvalue weighted by molar-refractivity contribution is -0.154. The maximum absolute atomic E-state index is 12.1. The monoisotopic (exact) mass is 360 g/mol. The van der Waals surface area contributed by atoms with Gasteiger partial charge in [-0.1, -0.05) is 26.7 Å². The molecule has 0 saturated carbocycles. The van der Waals surface area contributed by atoms with Gasteiger partial charge >= 0.3 is 12.2 Å². The molecule has 0 aromatic rings. The van der Waals surface area contributed by atoms with E-state index < -0.39 is 30.5 Å². The van der Waals surface area contributed by atoms with Crippen LogP contribution >= 0.6 is 0 Å². The molecule has 0 spiro atoms. The predicted molar refractivity (Wildman–Crippen MR) is 93.6 cm³/mol. The van der Waals surface area contributed by atoms with Crippen LogP contribution in [-0.4, -0.2) is 55.1 Å². The minimum atomic E-state index is -0.934. The summed E-state index contributed by atoms with van der Waals surface area (Å²) in [5, 5.41) is 5.18. The first-order valence-corrected chi connectivity index (χ1v) is 8.77. The van der Waals surface area contributed by atoms with Gasteiger partial charge in [-0.05, 0) is 26.7 Å². The number of hydrogen-bond donors (Lipinski definition) is 3. The van der Waals surface area contributed by atoms with Gasteiger partial charge in [0.1, 0.15) is 0 Å². The zero-order chi connectivity index (χ0) is 19.2.